The molecule has 1 atom stereocenters. The van der Waals surface area contributed by atoms with E-state index in [4.69, 9.17) is 9.47 Å². The molecule has 1 aliphatic rings. The van der Waals surface area contributed by atoms with Gasteiger partial charge in [0.25, 0.3) is 0 Å². The van der Waals surface area contributed by atoms with Gasteiger partial charge in [0.15, 0.2) is 5.41 Å². The van der Waals surface area contributed by atoms with Crippen LogP contribution < -0.4 is 0 Å². The molecule has 4 heteroatoms. The van der Waals surface area contributed by atoms with Crippen LogP contribution in [0.3, 0.4) is 0 Å². The summed E-state index contributed by atoms with van der Waals surface area (Å²) in [5.41, 5.74) is 0.0874. The van der Waals surface area contributed by atoms with E-state index < -0.39 is 22.8 Å². The molecule has 0 aliphatic heterocycles. The fraction of sp³-hybridized carbons (Fsp3) is 0.300. The van der Waals surface area contributed by atoms with E-state index >= 15 is 0 Å². The van der Waals surface area contributed by atoms with Crippen LogP contribution in [0.2, 0.25) is 0 Å². The minimum atomic E-state index is -1.28. The number of hydrogen-bond donors (Lipinski definition) is 0. The molecule has 24 heavy (non-hydrogen) atoms. The van der Waals surface area contributed by atoms with Crippen molar-refractivity contribution in [1.82, 2.24) is 0 Å². The molecule has 1 fully saturated rings. The molecule has 0 amide bonds. The summed E-state index contributed by atoms with van der Waals surface area (Å²) in [6, 6.07) is 19.5. The van der Waals surface area contributed by atoms with Gasteiger partial charge in [0.05, 0.1) is 14.2 Å². The molecule has 0 spiro atoms. The van der Waals surface area contributed by atoms with Crippen LogP contribution in [-0.4, -0.2) is 26.2 Å². The van der Waals surface area contributed by atoms with Crippen LogP contribution in [0.25, 0.3) is 0 Å². The Balaban J connectivity index is 2.11. The first-order chi connectivity index (χ1) is 11.6. The van der Waals surface area contributed by atoms with Gasteiger partial charge in [-0.1, -0.05) is 60.7 Å². The SMILES string of the molecule is COC(=O)C1(C(=O)OC)CC1(Cc1ccccc1)c1ccccc1. The Bertz CT molecular complexity index is 723. The highest BCUT2D eigenvalue weighted by molar-refractivity contribution is 6.06. The van der Waals surface area contributed by atoms with Crippen molar-refractivity contribution >= 4 is 11.9 Å². The fourth-order valence-corrected chi connectivity index (χ4v) is 3.74. The van der Waals surface area contributed by atoms with Gasteiger partial charge in [0.1, 0.15) is 0 Å². The first-order valence-corrected chi connectivity index (χ1v) is 7.87. The molecule has 1 unspecified atom stereocenters. The van der Waals surface area contributed by atoms with E-state index in [1.54, 1.807) is 0 Å². The van der Waals surface area contributed by atoms with Gasteiger partial charge < -0.3 is 9.47 Å². The summed E-state index contributed by atoms with van der Waals surface area (Å²) in [5.74, 6) is -1.07. The topological polar surface area (TPSA) is 52.6 Å². The lowest BCUT2D eigenvalue weighted by atomic mass is 9.81. The van der Waals surface area contributed by atoms with E-state index in [0.29, 0.717) is 12.8 Å². The van der Waals surface area contributed by atoms with Crippen molar-refractivity contribution in [2.45, 2.75) is 18.3 Å². The highest BCUT2D eigenvalue weighted by Gasteiger charge is 2.78. The Kier molecular flexibility index (Phi) is 4.14. The molecule has 2 aromatic rings. The largest absolute Gasteiger partial charge is 0.468 e. The summed E-state index contributed by atoms with van der Waals surface area (Å²) >= 11 is 0. The van der Waals surface area contributed by atoms with Crippen LogP contribution in [0.15, 0.2) is 60.7 Å². The van der Waals surface area contributed by atoms with E-state index in [1.807, 2.05) is 60.7 Å². The normalized spacial score (nSPS) is 20.9. The molecular formula is C20H20O4. The van der Waals surface area contributed by atoms with Crippen LogP contribution >= 0.6 is 0 Å². The molecule has 0 heterocycles. The van der Waals surface area contributed by atoms with E-state index in [1.165, 1.54) is 14.2 Å². The van der Waals surface area contributed by atoms with Gasteiger partial charge >= 0.3 is 11.9 Å². The van der Waals surface area contributed by atoms with Crippen LogP contribution in [0, 0.1) is 5.41 Å². The quantitative estimate of drug-likeness (QED) is 0.627. The minimum Gasteiger partial charge on any atom is -0.468 e. The minimum absolute atomic E-state index is 0.387. The number of rotatable bonds is 5. The predicted molar refractivity (Wildman–Crippen MR) is 89.3 cm³/mol. The first kappa shape index (κ1) is 16.2. The second kappa shape index (κ2) is 6.11. The first-order valence-electron chi connectivity index (χ1n) is 7.87. The maximum Gasteiger partial charge on any atom is 0.324 e. The smallest absolute Gasteiger partial charge is 0.324 e. The van der Waals surface area contributed by atoms with Crippen molar-refractivity contribution < 1.29 is 19.1 Å². The average Bonchev–Trinajstić information content (AvgIpc) is 3.32. The van der Waals surface area contributed by atoms with Crippen molar-refractivity contribution in [3.63, 3.8) is 0 Å². The Morgan fingerprint density at radius 1 is 0.875 bits per heavy atom. The van der Waals surface area contributed by atoms with Gasteiger partial charge in [0, 0.05) is 5.41 Å². The highest BCUT2D eigenvalue weighted by Crippen LogP contribution is 2.67. The third kappa shape index (κ3) is 2.30. The number of benzene rings is 2. The summed E-state index contributed by atoms with van der Waals surface area (Å²) in [5, 5.41) is 0. The molecule has 1 saturated carbocycles. The van der Waals surface area contributed by atoms with Crippen LogP contribution in [0.1, 0.15) is 17.5 Å². The molecule has 0 N–H and O–H groups in total. The maximum absolute atomic E-state index is 12.6. The Morgan fingerprint density at radius 3 is 1.88 bits per heavy atom. The number of carbonyl (C=O) groups excluding carboxylic acids is 2. The zero-order valence-electron chi connectivity index (χ0n) is 13.8. The van der Waals surface area contributed by atoms with E-state index in [9.17, 15) is 9.59 Å². The molecule has 0 aromatic heterocycles. The van der Waals surface area contributed by atoms with Gasteiger partial charge in [-0.05, 0) is 24.0 Å². The van der Waals surface area contributed by atoms with Gasteiger partial charge in [-0.3, -0.25) is 9.59 Å². The summed E-state index contributed by atoms with van der Waals surface area (Å²) in [7, 11) is 2.62. The number of carbonyl (C=O) groups is 2. The number of esters is 2. The van der Waals surface area contributed by atoms with E-state index in [0.717, 1.165) is 11.1 Å². The Morgan fingerprint density at radius 2 is 1.38 bits per heavy atom. The summed E-state index contributed by atoms with van der Waals surface area (Å²) in [6.45, 7) is 0. The summed E-state index contributed by atoms with van der Waals surface area (Å²) in [4.78, 5) is 25.1. The number of hydrogen-bond acceptors (Lipinski definition) is 4. The van der Waals surface area contributed by atoms with Gasteiger partial charge in [-0.2, -0.15) is 0 Å². The standard InChI is InChI=1S/C20H20O4/c1-23-17(21)20(18(22)24-2)14-19(20,16-11-7-4-8-12-16)13-15-9-5-3-6-10-15/h3-12H,13-14H2,1-2H3. The van der Waals surface area contributed by atoms with Crippen molar-refractivity contribution in [3.05, 3.63) is 71.8 Å². The third-order valence-corrected chi connectivity index (χ3v) is 5.00. The number of ether oxygens (including phenoxy) is 2. The van der Waals surface area contributed by atoms with E-state index in [2.05, 4.69) is 0 Å². The van der Waals surface area contributed by atoms with Crippen LogP contribution in [0.5, 0.6) is 0 Å². The van der Waals surface area contributed by atoms with Crippen molar-refractivity contribution in [1.29, 1.82) is 0 Å². The van der Waals surface area contributed by atoms with Crippen LogP contribution in [0.4, 0.5) is 0 Å². The summed E-state index contributed by atoms with van der Waals surface area (Å²) < 4.78 is 9.95. The van der Waals surface area contributed by atoms with Crippen molar-refractivity contribution in [2.75, 3.05) is 14.2 Å². The Labute approximate surface area is 141 Å². The second-order valence-corrected chi connectivity index (χ2v) is 6.18. The lowest BCUT2D eigenvalue weighted by molar-refractivity contribution is -0.162. The molecule has 0 radical (unpaired) electrons. The van der Waals surface area contributed by atoms with Crippen molar-refractivity contribution in [2.24, 2.45) is 5.41 Å². The lowest BCUT2D eigenvalue weighted by Gasteiger charge is -2.23. The molecule has 4 nitrogen and oxygen atoms in total. The van der Waals surface area contributed by atoms with Gasteiger partial charge in [-0.25, -0.2) is 0 Å². The average molecular weight is 324 g/mol. The predicted octanol–water partition coefficient (Wildman–Crippen LogP) is 2.90. The molecule has 2 aromatic carbocycles. The Hall–Kier alpha value is -2.62. The highest BCUT2D eigenvalue weighted by atomic mass is 16.5. The van der Waals surface area contributed by atoms with Gasteiger partial charge in [0.2, 0.25) is 0 Å². The molecule has 0 bridgehead atoms. The lowest BCUT2D eigenvalue weighted by Crippen LogP contribution is -2.37. The van der Waals surface area contributed by atoms with E-state index in [-0.39, 0.29) is 0 Å². The third-order valence-electron chi connectivity index (χ3n) is 5.00. The molecule has 3 rings (SSSR count). The molecular weight excluding hydrogens is 304 g/mol. The monoisotopic (exact) mass is 324 g/mol. The molecule has 1 aliphatic carbocycles. The molecule has 0 saturated heterocycles. The zero-order chi connectivity index (χ0) is 17.2. The number of methoxy groups -OCH3 is 2. The molecule has 124 valence electrons. The van der Waals surface area contributed by atoms with Crippen molar-refractivity contribution in [3.8, 4) is 0 Å². The van der Waals surface area contributed by atoms with Gasteiger partial charge in [-0.15, -0.1) is 0 Å². The van der Waals surface area contributed by atoms with Crippen LogP contribution in [-0.2, 0) is 30.9 Å². The summed E-state index contributed by atoms with van der Waals surface area (Å²) in [6.07, 6.45) is 0.959. The zero-order valence-corrected chi connectivity index (χ0v) is 13.8. The fourth-order valence-electron chi connectivity index (χ4n) is 3.74. The second-order valence-electron chi connectivity index (χ2n) is 6.18. The maximum atomic E-state index is 12.6.